The maximum Gasteiger partial charge on any atom is 0.118 e. The van der Waals surface area contributed by atoms with Gasteiger partial charge in [0.15, 0.2) is 0 Å². The molecule has 3 rings (SSSR count). The van der Waals surface area contributed by atoms with E-state index in [0.717, 1.165) is 30.1 Å². The highest BCUT2D eigenvalue weighted by Gasteiger charge is 2.22. The normalized spacial score (nSPS) is 14.3. The van der Waals surface area contributed by atoms with Gasteiger partial charge in [-0.3, -0.25) is 0 Å². The van der Waals surface area contributed by atoms with E-state index in [1.165, 1.54) is 21.8 Å². The highest BCUT2D eigenvalue weighted by molar-refractivity contribution is 7.15. The maximum atomic E-state index is 9.47. The zero-order valence-corrected chi connectivity index (χ0v) is 11.4. The standard InChI is InChI=1S/C14H15N3S/c1-9-3-4-10(2)17(9)14-12(7-15)11-5-6-16-8-13(11)18-14/h3-4,16H,5-6,8H2,1-2H3. The highest BCUT2D eigenvalue weighted by Crippen LogP contribution is 2.34. The van der Waals surface area contributed by atoms with E-state index in [-0.39, 0.29) is 0 Å². The minimum absolute atomic E-state index is 0.874. The minimum atomic E-state index is 0.874. The summed E-state index contributed by atoms with van der Waals surface area (Å²) < 4.78 is 2.20. The molecule has 0 unspecified atom stereocenters. The molecule has 0 atom stereocenters. The molecule has 18 heavy (non-hydrogen) atoms. The number of aryl methyl sites for hydroxylation is 2. The number of aromatic nitrogens is 1. The van der Waals surface area contributed by atoms with Gasteiger partial charge in [0.2, 0.25) is 0 Å². The molecule has 1 aliphatic rings. The van der Waals surface area contributed by atoms with Crippen LogP contribution in [0.2, 0.25) is 0 Å². The van der Waals surface area contributed by atoms with E-state index in [1.54, 1.807) is 11.3 Å². The molecule has 0 saturated carbocycles. The van der Waals surface area contributed by atoms with Gasteiger partial charge in [-0.2, -0.15) is 5.26 Å². The van der Waals surface area contributed by atoms with Crippen LogP contribution in [0.1, 0.15) is 27.4 Å². The van der Waals surface area contributed by atoms with Crippen LogP contribution in [0.5, 0.6) is 0 Å². The zero-order valence-electron chi connectivity index (χ0n) is 10.6. The summed E-state index contributed by atoms with van der Waals surface area (Å²) in [4.78, 5) is 1.32. The summed E-state index contributed by atoms with van der Waals surface area (Å²) in [6, 6.07) is 6.62. The Morgan fingerprint density at radius 2 is 2.06 bits per heavy atom. The lowest BCUT2D eigenvalue weighted by Crippen LogP contribution is -2.22. The first kappa shape index (κ1) is 11.5. The molecule has 0 radical (unpaired) electrons. The molecule has 3 nitrogen and oxygen atoms in total. The molecular weight excluding hydrogens is 242 g/mol. The molecule has 0 fully saturated rings. The maximum absolute atomic E-state index is 9.47. The molecule has 0 bridgehead atoms. The van der Waals surface area contributed by atoms with Gasteiger partial charge in [0, 0.05) is 22.8 Å². The third-order valence-electron chi connectivity index (χ3n) is 3.50. The van der Waals surface area contributed by atoms with Gasteiger partial charge in [-0.05, 0) is 44.5 Å². The van der Waals surface area contributed by atoms with Crippen LogP contribution in [-0.2, 0) is 13.0 Å². The van der Waals surface area contributed by atoms with Gasteiger partial charge in [-0.25, -0.2) is 0 Å². The van der Waals surface area contributed by atoms with Gasteiger partial charge in [0.05, 0.1) is 5.56 Å². The molecule has 0 spiro atoms. The number of nitriles is 1. The average Bonchev–Trinajstić information content (AvgIpc) is 2.89. The van der Waals surface area contributed by atoms with Gasteiger partial charge < -0.3 is 9.88 Å². The molecular formula is C14H15N3S. The van der Waals surface area contributed by atoms with Crippen LogP contribution in [-0.4, -0.2) is 11.1 Å². The Morgan fingerprint density at radius 3 is 2.72 bits per heavy atom. The van der Waals surface area contributed by atoms with Crippen LogP contribution in [0.15, 0.2) is 12.1 Å². The largest absolute Gasteiger partial charge is 0.312 e. The number of thiophene rings is 1. The van der Waals surface area contributed by atoms with E-state index in [4.69, 9.17) is 0 Å². The highest BCUT2D eigenvalue weighted by atomic mass is 32.1. The van der Waals surface area contributed by atoms with Crippen molar-refractivity contribution in [2.75, 3.05) is 6.54 Å². The van der Waals surface area contributed by atoms with E-state index in [1.807, 2.05) is 0 Å². The number of hydrogen-bond donors (Lipinski definition) is 1. The molecule has 0 aromatic carbocycles. The number of hydrogen-bond acceptors (Lipinski definition) is 3. The van der Waals surface area contributed by atoms with E-state index < -0.39 is 0 Å². The fraction of sp³-hybridized carbons (Fsp3) is 0.357. The summed E-state index contributed by atoms with van der Waals surface area (Å²) in [5.74, 6) is 0. The number of nitrogens with one attached hydrogen (secondary N) is 1. The first-order valence-electron chi connectivity index (χ1n) is 6.13. The first-order valence-corrected chi connectivity index (χ1v) is 6.94. The van der Waals surface area contributed by atoms with E-state index in [9.17, 15) is 5.26 Å². The number of nitrogens with zero attached hydrogens (tertiary/aromatic N) is 2. The Hall–Kier alpha value is -1.57. The second-order valence-electron chi connectivity index (χ2n) is 4.67. The molecule has 92 valence electrons. The Morgan fingerprint density at radius 1 is 1.33 bits per heavy atom. The molecule has 4 heteroatoms. The van der Waals surface area contributed by atoms with E-state index in [0.29, 0.717) is 0 Å². The molecule has 1 aliphatic heterocycles. The van der Waals surface area contributed by atoms with E-state index >= 15 is 0 Å². The fourth-order valence-electron chi connectivity index (χ4n) is 2.58. The van der Waals surface area contributed by atoms with Gasteiger partial charge in [-0.15, -0.1) is 11.3 Å². The summed E-state index contributed by atoms with van der Waals surface area (Å²) in [7, 11) is 0. The van der Waals surface area contributed by atoms with Crippen LogP contribution in [0.25, 0.3) is 5.00 Å². The van der Waals surface area contributed by atoms with Crippen molar-refractivity contribution in [1.82, 2.24) is 9.88 Å². The Kier molecular flexibility index (Phi) is 2.73. The molecule has 2 aromatic heterocycles. The quantitative estimate of drug-likeness (QED) is 0.853. The fourth-order valence-corrected chi connectivity index (χ4v) is 3.97. The van der Waals surface area contributed by atoms with Crippen LogP contribution in [0.4, 0.5) is 0 Å². The lowest BCUT2D eigenvalue weighted by molar-refractivity contribution is 0.653. The summed E-state index contributed by atoms with van der Waals surface area (Å²) in [5, 5.41) is 13.9. The molecule has 2 aromatic rings. The van der Waals surface area contributed by atoms with E-state index in [2.05, 4.69) is 41.9 Å². The first-order chi connectivity index (χ1) is 8.72. The van der Waals surface area contributed by atoms with Gasteiger partial charge in [0.1, 0.15) is 11.1 Å². The van der Waals surface area contributed by atoms with Crippen molar-refractivity contribution in [2.45, 2.75) is 26.8 Å². The predicted octanol–water partition coefficient (Wildman–Crippen LogP) is 2.67. The van der Waals surface area contributed by atoms with Crippen LogP contribution in [0.3, 0.4) is 0 Å². The zero-order chi connectivity index (χ0) is 12.7. The second-order valence-corrected chi connectivity index (χ2v) is 5.76. The van der Waals surface area contributed by atoms with Crippen molar-refractivity contribution in [3.63, 3.8) is 0 Å². The predicted molar refractivity (Wildman–Crippen MR) is 73.2 cm³/mol. The summed E-state index contributed by atoms with van der Waals surface area (Å²) >= 11 is 1.75. The summed E-state index contributed by atoms with van der Waals surface area (Å²) in [6.07, 6.45) is 0.966. The monoisotopic (exact) mass is 257 g/mol. The average molecular weight is 257 g/mol. The SMILES string of the molecule is Cc1ccc(C)n1-c1sc2c(c1C#N)CCNC2. The second kappa shape index (κ2) is 4.27. The lowest BCUT2D eigenvalue weighted by atomic mass is 10.0. The Balaban J connectivity index is 2.25. The van der Waals surface area contributed by atoms with Crippen molar-refractivity contribution < 1.29 is 0 Å². The third-order valence-corrected chi connectivity index (χ3v) is 4.71. The summed E-state index contributed by atoms with van der Waals surface area (Å²) in [6.45, 7) is 6.05. The van der Waals surface area contributed by atoms with Gasteiger partial charge in [0.25, 0.3) is 0 Å². The summed E-state index contributed by atoms with van der Waals surface area (Å²) in [5.41, 5.74) is 4.51. The van der Waals surface area contributed by atoms with Crippen molar-refractivity contribution in [3.05, 3.63) is 39.5 Å². The van der Waals surface area contributed by atoms with Crippen LogP contribution >= 0.6 is 11.3 Å². The van der Waals surface area contributed by atoms with Crippen molar-refractivity contribution in [3.8, 4) is 11.1 Å². The van der Waals surface area contributed by atoms with Gasteiger partial charge >= 0.3 is 0 Å². The van der Waals surface area contributed by atoms with Crippen LogP contribution < -0.4 is 5.32 Å². The van der Waals surface area contributed by atoms with Crippen LogP contribution in [0, 0.1) is 25.2 Å². The molecule has 1 N–H and O–H groups in total. The molecule has 0 saturated heterocycles. The van der Waals surface area contributed by atoms with Crippen molar-refractivity contribution in [2.24, 2.45) is 0 Å². The Labute approximate surface area is 111 Å². The number of rotatable bonds is 1. The number of fused-ring (bicyclic) bond motifs is 1. The third kappa shape index (κ3) is 1.59. The Bertz CT molecular complexity index is 623. The van der Waals surface area contributed by atoms with Crippen molar-refractivity contribution in [1.29, 1.82) is 5.26 Å². The molecule has 3 heterocycles. The molecule has 0 amide bonds. The molecule has 0 aliphatic carbocycles. The lowest BCUT2D eigenvalue weighted by Gasteiger charge is -2.11. The topological polar surface area (TPSA) is 40.8 Å². The van der Waals surface area contributed by atoms with Gasteiger partial charge in [-0.1, -0.05) is 0 Å². The smallest absolute Gasteiger partial charge is 0.118 e. The van der Waals surface area contributed by atoms with Crippen molar-refractivity contribution >= 4 is 11.3 Å². The minimum Gasteiger partial charge on any atom is -0.312 e.